The molecule has 0 fully saturated rings. The van der Waals surface area contributed by atoms with E-state index in [2.05, 4.69) is 63.4 Å². The second-order valence-corrected chi connectivity index (χ2v) is 4.10. The Labute approximate surface area is 107 Å². The molecule has 1 rings (SSSR count). The van der Waals surface area contributed by atoms with Gasteiger partial charge in [0.25, 0.3) is 0 Å². The van der Waals surface area contributed by atoms with Crippen LogP contribution in [-0.2, 0) is 0 Å². The Bertz CT molecular complexity index is 295. The number of rotatable bonds is 6. The van der Waals surface area contributed by atoms with Gasteiger partial charge in [-0.05, 0) is 30.9 Å². The molecule has 0 aliphatic carbocycles. The van der Waals surface area contributed by atoms with Crippen LogP contribution in [0.3, 0.4) is 0 Å². The quantitative estimate of drug-likeness (QED) is 0.424. The smallest absolute Gasteiger partial charge is 0.0231 e. The second-order valence-electron chi connectivity index (χ2n) is 4.10. The van der Waals surface area contributed by atoms with Crippen LogP contribution in [0.1, 0.15) is 51.5 Å². The molecular weight excluding hydrogens is 204 g/mol. The fourth-order valence-electron chi connectivity index (χ4n) is 1.71. The summed E-state index contributed by atoms with van der Waals surface area (Å²) in [5.74, 6) is 0. The van der Waals surface area contributed by atoms with Gasteiger partial charge in [-0.25, -0.2) is 0 Å². The van der Waals surface area contributed by atoms with Crippen molar-refractivity contribution in [1.29, 1.82) is 0 Å². The van der Waals surface area contributed by atoms with Crippen molar-refractivity contribution in [1.82, 2.24) is 0 Å². The van der Waals surface area contributed by atoms with Crippen LogP contribution in [-0.4, -0.2) is 0 Å². The largest absolute Gasteiger partial charge is 0.106 e. The molecule has 0 bridgehead atoms. The first kappa shape index (κ1) is 15.7. The normalized spacial score (nSPS) is 10.6. The maximum Gasteiger partial charge on any atom is -0.0231 e. The van der Waals surface area contributed by atoms with Gasteiger partial charge in [0.15, 0.2) is 0 Å². The minimum atomic E-state index is 1.22. The van der Waals surface area contributed by atoms with E-state index < -0.39 is 0 Å². The van der Waals surface area contributed by atoms with Gasteiger partial charge in [-0.3, -0.25) is 0 Å². The van der Waals surface area contributed by atoms with Crippen LogP contribution in [0.4, 0.5) is 0 Å². The summed E-state index contributed by atoms with van der Waals surface area (Å²) in [6, 6.07) is 10.6. The van der Waals surface area contributed by atoms with Gasteiger partial charge in [0.2, 0.25) is 0 Å². The van der Waals surface area contributed by atoms with Gasteiger partial charge in [0.1, 0.15) is 0 Å². The Morgan fingerprint density at radius 1 is 1.06 bits per heavy atom. The molecule has 0 saturated heterocycles. The van der Waals surface area contributed by atoms with Crippen LogP contribution < -0.4 is 0 Å². The molecule has 0 radical (unpaired) electrons. The Hall–Kier alpha value is -1.30. The van der Waals surface area contributed by atoms with Crippen molar-refractivity contribution < 1.29 is 0 Å². The molecule has 0 aromatic heterocycles. The number of allylic oxidation sites excluding steroid dienone is 2. The van der Waals surface area contributed by atoms with E-state index in [0.717, 1.165) is 0 Å². The van der Waals surface area contributed by atoms with Crippen molar-refractivity contribution >= 4 is 5.57 Å². The van der Waals surface area contributed by atoms with Crippen molar-refractivity contribution in [2.45, 2.75) is 46.0 Å². The highest BCUT2D eigenvalue weighted by Crippen LogP contribution is 2.14. The molecule has 0 atom stereocenters. The van der Waals surface area contributed by atoms with E-state index >= 15 is 0 Å². The number of hydrogen-bond acceptors (Lipinski definition) is 0. The summed E-state index contributed by atoms with van der Waals surface area (Å²) in [4.78, 5) is 0. The predicted octanol–water partition coefficient (Wildman–Crippen LogP) is 5.86. The zero-order valence-electron chi connectivity index (χ0n) is 11.4. The van der Waals surface area contributed by atoms with Crippen molar-refractivity contribution in [3.63, 3.8) is 0 Å². The van der Waals surface area contributed by atoms with E-state index in [-0.39, 0.29) is 0 Å². The Kier molecular flexibility index (Phi) is 10.3. The van der Waals surface area contributed by atoms with Gasteiger partial charge in [-0.1, -0.05) is 62.6 Å². The summed E-state index contributed by atoms with van der Waals surface area (Å²) in [6.07, 6.45) is 8.98. The third-order valence-corrected chi connectivity index (χ3v) is 2.74. The molecule has 0 nitrogen and oxygen atoms in total. The van der Waals surface area contributed by atoms with Gasteiger partial charge in [-0.2, -0.15) is 0 Å². The first-order valence-corrected chi connectivity index (χ1v) is 6.56. The van der Waals surface area contributed by atoms with Gasteiger partial charge in [0, 0.05) is 0 Å². The molecule has 17 heavy (non-hydrogen) atoms. The average molecular weight is 230 g/mol. The highest BCUT2D eigenvalue weighted by molar-refractivity contribution is 5.63. The lowest BCUT2D eigenvalue weighted by molar-refractivity contribution is 0.675. The third kappa shape index (κ3) is 7.57. The summed E-state index contributed by atoms with van der Waals surface area (Å²) < 4.78 is 0. The fraction of sp³-hybridized carbons (Fsp3) is 0.412. The zero-order chi connectivity index (χ0) is 12.9. The molecule has 0 unspecified atom stereocenters. The van der Waals surface area contributed by atoms with E-state index in [0.29, 0.717) is 0 Å². The molecule has 0 heteroatoms. The van der Waals surface area contributed by atoms with Crippen LogP contribution in [0, 0.1) is 0 Å². The molecule has 1 aromatic rings. The number of hydrogen-bond donors (Lipinski definition) is 0. The van der Waals surface area contributed by atoms with Crippen LogP contribution in [0.25, 0.3) is 5.57 Å². The lowest BCUT2D eigenvalue weighted by atomic mass is 10.0. The van der Waals surface area contributed by atoms with Crippen LogP contribution >= 0.6 is 0 Å². The summed E-state index contributed by atoms with van der Waals surface area (Å²) in [7, 11) is 0. The Morgan fingerprint density at radius 3 is 2.29 bits per heavy atom. The maximum atomic E-state index is 3.00. The first-order chi connectivity index (χ1) is 8.34. The molecule has 0 spiro atoms. The van der Waals surface area contributed by atoms with Gasteiger partial charge in [0.05, 0.1) is 0 Å². The first-order valence-electron chi connectivity index (χ1n) is 6.56. The lowest BCUT2D eigenvalue weighted by Gasteiger charge is -2.01. The zero-order valence-corrected chi connectivity index (χ0v) is 11.4. The van der Waals surface area contributed by atoms with E-state index in [1.807, 2.05) is 0 Å². The minimum absolute atomic E-state index is 1.22. The topological polar surface area (TPSA) is 0 Å². The van der Waals surface area contributed by atoms with Crippen molar-refractivity contribution in [2.24, 2.45) is 0 Å². The molecule has 1 aromatic carbocycles. The monoisotopic (exact) mass is 230 g/mol. The average Bonchev–Trinajstić information content (AvgIpc) is 2.41. The Balaban J connectivity index is 0.00000121. The minimum Gasteiger partial charge on any atom is -0.106 e. The van der Waals surface area contributed by atoms with Gasteiger partial charge < -0.3 is 0 Å². The molecule has 0 amide bonds. The highest BCUT2D eigenvalue weighted by Gasteiger charge is 1.92. The third-order valence-electron chi connectivity index (χ3n) is 2.74. The van der Waals surface area contributed by atoms with Gasteiger partial charge in [-0.15, -0.1) is 13.2 Å². The maximum absolute atomic E-state index is 3.00. The molecule has 0 aliphatic rings. The standard InChI is InChI=1S/C15H22.C2H4/c1-3-4-5-6-8-11-14(2)15-12-9-7-10-13-15;1-2/h7,9-13H,3-6,8H2,1-2H3;1-2H2. The molecule has 0 saturated carbocycles. The summed E-state index contributed by atoms with van der Waals surface area (Å²) >= 11 is 0. The summed E-state index contributed by atoms with van der Waals surface area (Å²) in [6.45, 7) is 10.5. The Morgan fingerprint density at radius 2 is 1.71 bits per heavy atom. The van der Waals surface area contributed by atoms with Gasteiger partial charge >= 0.3 is 0 Å². The van der Waals surface area contributed by atoms with Crippen LogP contribution in [0.15, 0.2) is 49.6 Å². The second kappa shape index (κ2) is 11.2. The summed E-state index contributed by atoms with van der Waals surface area (Å²) in [5.41, 5.74) is 2.76. The molecule has 0 N–H and O–H groups in total. The van der Waals surface area contributed by atoms with Crippen molar-refractivity contribution in [3.05, 3.63) is 55.1 Å². The van der Waals surface area contributed by atoms with Crippen molar-refractivity contribution in [3.8, 4) is 0 Å². The van der Waals surface area contributed by atoms with E-state index in [1.54, 1.807) is 0 Å². The molecular formula is C17H26. The number of unbranched alkanes of at least 4 members (excludes halogenated alkanes) is 4. The fourth-order valence-corrected chi connectivity index (χ4v) is 1.71. The SMILES string of the molecule is C=C.CCCCCCC=C(C)c1ccccc1. The summed E-state index contributed by atoms with van der Waals surface area (Å²) in [5, 5.41) is 0. The van der Waals surface area contributed by atoms with Crippen LogP contribution in [0.5, 0.6) is 0 Å². The predicted molar refractivity (Wildman–Crippen MR) is 80.1 cm³/mol. The van der Waals surface area contributed by atoms with E-state index in [9.17, 15) is 0 Å². The lowest BCUT2D eigenvalue weighted by Crippen LogP contribution is -1.79. The van der Waals surface area contributed by atoms with E-state index in [4.69, 9.17) is 0 Å². The highest BCUT2D eigenvalue weighted by atomic mass is 14.0. The molecule has 94 valence electrons. The van der Waals surface area contributed by atoms with Crippen molar-refractivity contribution in [2.75, 3.05) is 0 Å². The van der Waals surface area contributed by atoms with Crippen LogP contribution in [0.2, 0.25) is 0 Å². The number of benzene rings is 1. The molecule has 0 aliphatic heterocycles. The van der Waals surface area contributed by atoms with E-state index in [1.165, 1.54) is 43.2 Å². The molecule has 0 heterocycles.